The highest BCUT2D eigenvalue weighted by Crippen LogP contribution is 2.20. The minimum Gasteiger partial charge on any atom is -0.480 e. The lowest BCUT2D eigenvalue weighted by Gasteiger charge is -2.25. The van der Waals surface area contributed by atoms with E-state index in [0.717, 1.165) is 12.8 Å². The Morgan fingerprint density at radius 3 is 2.78 bits per heavy atom. The van der Waals surface area contributed by atoms with Gasteiger partial charge < -0.3 is 14.7 Å². The van der Waals surface area contributed by atoms with Crippen LogP contribution in [0.15, 0.2) is 30.3 Å². The van der Waals surface area contributed by atoms with Crippen LogP contribution in [0.1, 0.15) is 18.9 Å². The molecule has 1 aromatic rings. The van der Waals surface area contributed by atoms with Crippen LogP contribution in [0.3, 0.4) is 0 Å². The van der Waals surface area contributed by atoms with E-state index in [4.69, 9.17) is 9.84 Å². The summed E-state index contributed by atoms with van der Waals surface area (Å²) in [5.74, 6) is -0.931. The molecule has 126 valence electrons. The predicted molar refractivity (Wildman–Crippen MR) is 86.2 cm³/mol. The third-order valence-corrected chi connectivity index (χ3v) is 4.10. The fourth-order valence-corrected chi connectivity index (χ4v) is 2.69. The Labute approximate surface area is 136 Å². The zero-order valence-electron chi connectivity index (χ0n) is 13.5. The molecule has 2 rings (SSSR count). The maximum Gasteiger partial charge on any atom is 0.317 e. The van der Waals surface area contributed by atoms with Gasteiger partial charge in [0.2, 0.25) is 5.91 Å². The molecule has 0 aromatic heterocycles. The number of aliphatic carboxylic acids is 1. The van der Waals surface area contributed by atoms with E-state index >= 15 is 0 Å². The molecule has 1 aliphatic heterocycles. The number of ether oxygens (including phenoxy) is 1. The molecule has 6 nitrogen and oxygen atoms in total. The topological polar surface area (TPSA) is 78.9 Å². The largest absolute Gasteiger partial charge is 0.480 e. The fraction of sp³-hybridized carbons (Fsp3) is 0.529. The number of hydrogen-bond acceptors (Lipinski definition) is 4. The van der Waals surface area contributed by atoms with Crippen molar-refractivity contribution in [1.29, 1.82) is 0 Å². The summed E-state index contributed by atoms with van der Waals surface area (Å²) in [6, 6.07) is 10.00. The number of carbonyl (C=O) groups excluding carboxylic acids is 1. The van der Waals surface area contributed by atoms with Crippen LogP contribution in [0.4, 0.5) is 0 Å². The highest BCUT2D eigenvalue weighted by Gasteiger charge is 2.35. The molecule has 1 amide bonds. The second-order valence-electron chi connectivity index (χ2n) is 6.16. The molecule has 0 spiro atoms. The van der Waals surface area contributed by atoms with Crippen LogP contribution < -0.4 is 5.32 Å². The van der Waals surface area contributed by atoms with Crippen LogP contribution in [-0.2, 0) is 20.7 Å². The Hall–Kier alpha value is -1.92. The molecule has 0 saturated carbocycles. The first-order valence-electron chi connectivity index (χ1n) is 7.85. The van der Waals surface area contributed by atoms with E-state index < -0.39 is 5.97 Å². The number of likely N-dealkylation sites (tertiary alicyclic amines) is 1. The van der Waals surface area contributed by atoms with Crippen molar-refractivity contribution < 1.29 is 19.4 Å². The molecule has 2 N–H and O–H groups in total. The van der Waals surface area contributed by atoms with Gasteiger partial charge >= 0.3 is 5.97 Å². The van der Waals surface area contributed by atoms with Crippen LogP contribution in [0, 0.1) is 0 Å². The van der Waals surface area contributed by atoms with E-state index in [1.165, 1.54) is 5.56 Å². The maximum atomic E-state index is 12.1. The first-order valence-corrected chi connectivity index (χ1v) is 7.85. The van der Waals surface area contributed by atoms with Crippen LogP contribution in [0.5, 0.6) is 0 Å². The SMILES string of the molecule is CC1(NCC(=O)O)CCN(C(=O)COCCc2ccccc2)C1. The number of amides is 1. The zero-order chi connectivity index (χ0) is 16.7. The van der Waals surface area contributed by atoms with E-state index in [0.29, 0.717) is 19.7 Å². The third kappa shape index (κ3) is 5.65. The molecule has 1 fully saturated rings. The molecule has 0 aliphatic carbocycles. The molecule has 1 aromatic carbocycles. The van der Waals surface area contributed by atoms with Crippen molar-refractivity contribution in [3.63, 3.8) is 0 Å². The summed E-state index contributed by atoms with van der Waals surface area (Å²) in [6.07, 6.45) is 1.53. The van der Waals surface area contributed by atoms with Gasteiger partial charge in [-0.3, -0.25) is 14.9 Å². The van der Waals surface area contributed by atoms with E-state index in [1.54, 1.807) is 4.90 Å². The molecule has 0 radical (unpaired) electrons. The number of carboxylic acids is 1. The molecule has 1 saturated heterocycles. The summed E-state index contributed by atoms with van der Waals surface area (Å²) in [5.41, 5.74) is 0.851. The maximum absolute atomic E-state index is 12.1. The molecule has 1 aliphatic rings. The predicted octanol–water partition coefficient (Wildman–Crippen LogP) is 0.911. The first kappa shape index (κ1) is 17.4. The molecule has 0 bridgehead atoms. The number of carboxylic acid groups (broad SMARTS) is 1. The molecule has 1 heterocycles. The normalized spacial score (nSPS) is 20.7. The van der Waals surface area contributed by atoms with Crippen LogP contribution in [0.2, 0.25) is 0 Å². The van der Waals surface area contributed by atoms with Gasteiger partial charge in [-0.15, -0.1) is 0 Å². The Bertz CT molecular complexity index is 535. The van der Waals surface area contributed by atoms with Crippen molar-refractivity contribution in [2.24, 2.45) is 0 Å². The van der Waals surface area contributed by atoms with Crippen LogP contribution in [0.25, 0.3) is 0 Å². The zero-order valence-corrected chi connectivity index (χ0v) is 13.5. The lowest BCUT2D eigenvalue weighted by atomic mass is 10.0. The highest BCUT2D eigenvalue weighted by atomic mass is 16.5. The lowest BCUT2D eigenvalue weighted by Crippen LogP contribution is -2.47. The van der Waals surface area contributed by atoms with Gasteiger partial charge in [-0.25, -0.2) is 0 Å². The molecule has 1 atom stereocenters. The Morgan fingerprint density at radius 2 is 2.09 bits per heavy atom. The van der Waals surface area contributed by atoms with E-state index in [1.807, 2.05) is 37.3 Å². The average molecular weight is 320 g/mol. The summed E-state index contributed by atoms with van der Waals surface area (Å²) < 4.78 is 5.47. The van der Waals surface area contributed by atoms with Crippen LogP contribution >= 0.6 is 0 Å². The van der Waals surface area contributed by atoms with Gasteiger partial charge in [0.05, 0.1) is 13.2 Å². The summed E-state index contributed by atoms with van der Waals surface area (Å²) in [6.45, 7) is 3.58. The van der Waals surface area contributed by atoms with Gasteiger partial charge in [0.25, 0.3) is 0 Å². The molecule has 1 unspecified atom stereocenters. The number of nitrogens with one attached hydrogen (secondary N) is 1. The van der Waals surface area contributed by atoms with Crippen molar-refractivity contribution in [2.45, 2.75) is 25.3 Å². The Kier molecular flexibility index (Phi) is 6.12. The number of rotatable bonds is 8. The average Bonchev–Trinajstić information content (AvgIpc) is 2.94. The Morgan fingerprint density at radius 1 is 1.35 bits per heavy atom. The molecular formula is C17H24N2O4. The quantitative estimate of drug-likeness (QED) is 0.696. The summed E-state index contributed by atoms with van der Waals surface area (Å²) in [7, 11) is 0. The number of carbonyl (C=O) groups is 2. The van der Waals surface area contributed by atoms with Crippen molar-refractivity contribution in [2.75, 3.05) is 32.8 Å². The van der Waals surface area contributed by atoms with E-state index in [2.05, 4.69) is 5.32 Å². The van der Waals surface area contributed by atoms with Crippen molar-refractivity contribution in [1.82, 2.24) is 10.2 Å². The van der Waals surface area contributed by atoms with Gasteiger partial charge in [0.1, 0.15) is 6.61 Å². The summed E-state index contributed by atoms with van der Waals surface area (Å²) >= 11 is 0. The smallest absolute Gasteiger partial charge is 0.317 e. The van der Waals surface area contributed by atoms with E-state index in [-0.39, 0.29) is 24.6 Å². The summed E-state index contributed by atoms with van der Waals surface area (Å²) in [4.78, 5) is 24.5. The van der Waals surface area contributed by atoms with Gasteiger partial charge in [-0.1, -0.05) is 30.3 Å². The van der Waals surface area contributed by atoms with E-state index in [9.17, 15) is 9.59 Å². The molecule has 23 heavy (non-hydrogen) atoms. The number of benzene rings is 1. The second-order valence-corrected chi connectivity index (χ2v) is 6.16. The van der Waals surface area contributed by atoms with Gasteiger partial charge in [-0.05, 0) is 25.3 Å². The standard InChI is InChI=1S/C17H24N2O4/c1-17(18-11-16(21)22)8-9-19(13-17)15(20)12-23-10-7-14-5-3-2-4-6-14/h2-6,18H,7-13H2,1H3,(H,21,22). The van der Waals surface area contributed by atoms with Crippen LogP contribution in [-0.4, -0.2) is 60.3 Å². The van der Waals surface area contributed by atoms with Crippen molar-refractivity contribution in [3.05, 3.63) is 35.9 Å². The van der Waals surface area contributed by atoms with Gasteiger partial charge in [0, 0.05) is 18.6 Å². The number of nitrogens with zero attached hydrogens (tertiary/aromatic N) is 1. The van der Waals surface area contributed by atoms with Crippen molar-refractivity contribution in [3.8, 4) is 0 Å². The first-order chi connectivity index (χ1) is 11.0. The lowest BCUT2D eigenvalue weighted by molar-refractivity contribution is -0.136. The van der Waals surface area contributed by atoms with Gasteiger partial charge in [-0.2, -0.15) is 0 Å². The fourth-order valence-electron chi connectivity index (χ4n) is 2.69. The monoisotopic (exact) mass is 320 g/mol. The Balaban J connectivity index is 1.67. The second kappa shape index (κ2) is 8.08. The van der Waals surface area contributed by atoms with Crippen molar-refractivity contribution >= 4 is 11.9 Å². The number of hydrogen-bond donors (Lipinski definition) is 2. The minimum absolute atomic E-state index is 0.0427. The van der Waals surface area contributed by atoms with Gasteiger partial charge in [0.15, 0.2) is 0 Å². The molecular weight excluding hydrogens is 296 g/mol. The summed E-state index contributed by atoms with van der Waals surface area (Å²) in [5, 5.41) is 11.7. The highest BCUT2D eigenvalue weighted by molar-refractivity contribution is 5.78. The third-order valence-electron chi connectivity index (χ3n) is 4.10. The minimum atomic E-state index is -0.889. The molecule has 6 heteroatoms.